The fourth-order valence-corrected chi connectivity index (χ4v) is 4.02. The van der Waals surface area contributed by atoms with Crippen LogP contribution in [0.2, 0.25) is 5.02 Å². The Labute approximate surface area is 204 Å². The van der Waals surface area contributed by atoms with Crippen LogP contribution >= 0.6 is 27.5 Å². The van der Waals surface area contributed by atoms with E-state index in [2.05, 4.69) is 45.2 Å². The third kappa shape index (κ3) is 4.99. The molecular weight excluding hydrogens is 507 g/mol. The first-order valence-corrected chi connectivity index (χ1v) is 11.5. The van der Waals surface area contributed by atoms with Crippen molar-refractivity contribution < 1.29 is 9.18 Å². The van der Waals surface area contributed by atoms with E-state index >= 15 is 0 Å². The van der Waals surface area contributed by atoms with Gasteiger partial charge in [0.1, 0.15) is 5.82 Å². The van der Waals surface area contributed by atoms with Gasteiger partial charge in [-0.05, 0) is 78.6 Å². The van der Waals surface area contributed by atoms with Gasteiger partial charge in [-0.15, -0.1) is 5.10 Å². The lowest BCUT2D eigenvalue weighted by atomic mass is 10.0. The Balaban J connectivity index is 1.79. The molecule has 0 fully saturated rings. The predicted molar refractivity (Wildman–Crippen MR) is 133 cm³/mol. The number of aromatic nitrogens is 3. The highest BCUT2D eigenvalue weighted by Crippen LogP contribution is 2.29. The van der Waals surface area contributed by atoms with Gasteiger partial charge in [-0.2, -0.15) is 0 Å². The standard InChI is InChI=1S/C25H21BrClFN4O/c1-14(2)20-12-17(26)7-11-21(20)29-25(33)23-30-24(16-5-9-19(28)10-6-16)32(31-23)22-13-18(27)8-4-15(22)3/h4-14H,1-3H3,(H,29,33). The molecule has 0 spiro atoms. The lowest BCUT2D eigenvalue weighted by Gasteiger charge is -2.13. The van der Waals surface area contributed by atoms with E-state index in [0.717, 1.165) is 15.6 Å². The van der Waals surface area contributed by atoms with Crippen molar-refractivity contribution in [1.29, 1.82) is 0 Å². The maximum atomic E-state index is 13.5. The van der Waals surface area contributed by atoms with Crippen LogP contribution in [0.25, 0.3) is 17.1 Å². The molecule has 4 aromatic rings. The van der Waals surface area contributed by atoms with Gasteiger partial charge < -0.3 is 5.32 Å². The zero-order chi connectivity index (χ0) is 23.7. The van der Waals surface area contributed by atoms with Crippen molar-refractivity contribution in [1.82, 2.24) is 14.8 Å². The molecule has 1 amide bonds. The molecule has 3 aromatic carbocycles. The van der Waals surface area contributed by atoms with Crippen LogP contribution in [-0.2, 0) is 0 Å². The fraction of sp³-hybridized carbons (Fsp3) is 0.160. The molecule has 1 N–H and O–H groups in total. The second-order valence-electron chi connectivity index (χ2n) is 7.95. The number of amides is 1. The molecule has 1 heterocycles. The van der Waals surface area contributed by atoms with Crippen LogP contribution in [0.1, 0.15) is 41.5 Å². The van der Waals surface area contributed by atoms with Crippen LogP contribution in [0.15, 0.2) is 65.1 Å². The van der Waals surface area contributed by atoms with Crippen molar-refractivity contribution >= 4 is 39.1 Å². The third-order valence-corrected chi connectivity index (χ3v) is 5.92. The summed E-state index contributed by atoms with van der Waals surface area (Å²) >= 11 is 9.71. The highest BCUT2D eigenvalue weighted by atomic mass is 79.9. The van der Waals surface area contributed by atoms with Crippen LogP contribution in [0, 0.1) is 12.7 Å². The number of anilines is 1. The summed E-state index contributed by atoms with van der Waals surface area (Å²) in [5.74, 6) is -0.205. The number of benzene rings is 3. The molecule has 33 heavy (non-hydrogen) atoms. The predicted octanol–water partition coefficient (Wildman–Crippen LogP) is 7.17. The first-order valence-electron chi connectivity index (χ1n) is 10.3. The maximum Gasteiger partial charge on any atom is 0.295 e. The van der Waals surface area contributed by atoms with Crippen molar-refractivity contribution in [2.45, 2.75) is 26.7 Å². The topological polar surface area (TPSA) is 59.8 Å². The van der Waals surface area contributed by atoms with Gasteiger partial charge in [0.25, 0.3) is 5.91 Å². The number of halogens is 3. The first-order chi connectivity index (χ1) is 15.7. The van der Waals surface area contributed by atoms with Gasteiger partial charge in [0.2, 0.25) is 5.82 Å². The van der Waals surface area contributed by atoms with Crippen LogP contribution in [0.3, 0.4) is 0 Å². The number of aryl methyl sites for hydroxylation is 1. The minimum atomic E-state index is -0.444. The average Bonchev–Trinajstić information content (AvgIpc) is 3.22. The molecule has 8 heteroatoms. The minimum absolute atomic E-state index is 0.00803. The zero-order valence-electron chi connectivity index (χ0n) is 18.2. The van der Waals surface area contributed by atoms with Crippen LogP contribution in [-0.4, -0.2) is 20.7 Å². The smallest absolute Gasteiger partial charge is 0.295 e. The molecule has 0 aliphatic carbocycles. The molecular formula is C25H21BrClFN4O. The maximum absolute atomic E-state index is 13.5. The third-order valence-electron chi connectivity index (χ3n) is 5.20. The molecule has 0 aliphatic rings. The van der Waals surface area contributed by atoms with Crippen LogP contribution in [0.5, 0.6) is 0 Å². The summed E-state index contributed by atoms with van der Waals surface area (Å²) in [6, 6.07) is 17.0. The average molecular weight is 528 g/mol. The number of hydrogen-bond acceptors (Lipinski definition) is 3. The molecule has 0 saturated heterocycles. The first kappa shape index (κ1) is 23.1. The van der Waals surface area contributed by atoms with E-state index in [0.29, 0.717) is 27.8 Å². The molecule has 4 rings (SSSR count). The largest absolute Gasteiger partial charge is 0.319 e. The lowest BCUT2D eigenvalue weighted by Crippen LogP contribution is -2.16. The summed E-state index contributed by atoms with van der Waals surface area (Å²) in [7, 11) is 0. The van der Waals surface area contributed by atoms with E-state index in [1.165, 1.54) is 12.1 Å². The summed E-state index contributed by atoms with van der Waals surface area (Å²) < 4.78 is 16.0. The van der Waals surface area contributed by atoms with E-state index in [1.807, 2.05) is 31.2 Å². The Kier molecular flexibility index (Phi) is 6.63. The number of carbonyl (C=O) groups excluding carboxylic acids is 1. The monoisotopic (exact) mass is 526 g/mol. The number of nitrogens with one attached hydrogen (secondary N) is 1. The molecule has 5 nitrogen and oxygen atoms in total. The summed E-state index contributed by atoms with van der Waals surface area (Å²) in [5, 5.41) is 7.96. The Morgan fingerprint density at radius 1 is 1.09 bits per heavy atom. The quantitative estimate of drug-likeness (QED) is 0.299. The van der Waals surface area contributed by atoms with E-state index in [1.54, 1.807) is 28.9 Å². The second-order valence-corrected chi connectivity index (χ2v) is 9.30. The summed E-state index contributed by atoms with van der Waals surface area (Å²) in [6.07, 6.45) is 0. The number of hydrogen-bond donors (Lipinski definition) is 1. The van der Waals surface area contributed by atoms with E-state index < -0.39 is 5.91 Å². The molecule has 0 aliphatic heterocycles. The van der Waals surface area contributed by atoms with Crippen molar-refractivity contribution in [3.63, 3.8) is 0 Å². The lowest BCUT2D eigenvalue weighted by molar-refractivity contribution is 0.101. The van der Waals surface area contributed by atoms with Gasteiger partial charge in [-0.3, -0.25) is 4.79 Å². The van der Waals surface area contributed by atoms with Crippen molar-refractivity contribution in [2.75, 3.05) is 5.32 Å². The summed E-state index contributed by atoms with van der Waals surface area (Å²) in [5.41, 5.74) is 3.88. The van der Waals surface area contributed by atoms with E-state index in [4.69, 9.17) is 11.6 Å². The molecule has 0 saturated carbocycles. The Morgan fingerprint density at radius 3 is 2.52 bits per heavy atom. The van der Waals surface area contributed by atoms with Crippen LogP contribution < -0.4 is 5.32 Å². The Bertz CT molecular complexity index is 1330. The normalized spacial score (nSPS) is 11.1. The minimum Gasteiger partial charge on any atom is -0.319 e. The molecule has 1 aromatic heterocycles. The second kappa shape index (κ2) is 9.45. The van der Waals surface area contributed by atoms with Gasteiger partial charge in [-0.25, -0.2) is 14.1 Å². The molecule has 0 radical (unpaired) electrons. The van der Waals surface area contributed by atoms with Gasteiger partial charge >= 0.3 is 0 Å². The van der Waals surface area contributed by atoms with Crippen LogP contribution in [0.4, 0.5) is 10.1 Å². The number of rotatable bonds is 5. The van der Waals surface area contributed by atoms with Crippen molar-refractivity contribution in [3.8, 4) is 17.1 Å². The highest BCUT2D eigenvalue weighted by Gasteiger charge is 2.21. The zero-order valence-corrected chi connectivity index (χ0v) is 20.6. The molecule has 0 bridgehead atoms. The highest BCUT2D eigenvalue weighted by molar-refractivity contribution is 9.10. The van der Waals surface area contributed by atoms with Gasteiger partial charge in [-0.1, -0.05) is 47.4 Å². The summed E-state index contributed by atoms with van der Waals surface area (Å²) in [4.78, 5) is 17.7. The van der Waals surface area contributed by atoms with Crippen molar-refractivity contribution in [3.05, 3.63) is 92.9 Å². The molecule has 0 unspecified atom stereocenters. The van der Waals surface area contributed by atoms with Gasteiger partial charge in [0.05, 0.1) is 5.69 Å². The number of nitrogens with zero attached hydrogens (tertiary/aromatic N) is 3. The SMILES string of the molecule is Cc1ccc(Cl)cc1-n1nc(C(=O)Nc2ccc(Br)cc2C(C)C)nc1-c1ccc(F)cc1. The molecule has 0 atom stereocenters. The Morgan fingerprint density at radius 2 is 1.82 bits per heavy atom. The van der Waals surface area contributed by atoms with E-state index in [-0.39, 0.29) is 17.6 Å². The molecule has 168 valence electrons. The van der Waals surface area contributed by atoms with E-state index in [9.17, 15) is 9.18 Å². The van der Waals surface area contributed by atoms with Gasteiger partial charge in [0, 0.05) is 20.7 Å². The van der Waals surface area contributed by atoms with Crippen molar-refractivity contribution in [2.24, 2.45) is 0 Å². The Hall–Kier alpha value is -3.03. The fourth-order valence-electron chi connectivity index (χ4n) is 3.48. The number of carbonyl (C=O) groups is 1. The summed E-state index contributed by atoms with van der Waals surface area (Å²) in [6.45, 7) is 6.02. The van der Waals surface area contributed by atoms with Gasteiger partial charge in [0.15, 0.2) is 5.82 Å².